The molecule has 0 heterocycles. The van der Waals surface area contributed by atoms with E-state index in [1.165, 1.54) is 12.8 Å². The summed E-state index contributed by atoms with van der Waals surface area (Å²) in [5.41, 5.74) is 1.02. The van der Waals surface area contributed by atoms with E-state index in [4.69, 9.17) is 0 Å². The van der Waals surface area contributed by atoms with Gasteiger partial charge >= 0.3 is 0 Å². The second-order valence-corrected chi connectivity index (χ2v) is 3.94. The van der Waals surface area contributed by atoms with Crippen LogP contribution in [0.25, 0.3) is 0 Å². The van der Waals surface area contributed by atoms with Crippen LogP contribution in [0, 0.1) is 0 Å². The first-order valence-corrected chi connectivity index (χ1v) is 6.15. The molecule has 1 rings (SSSR count). The lowest BCUT2D eigenvalue weighted by molar-refractivity contribution is -0.118. The van der Waals surface area contributed by atoms with E-state index in [1.54, 1.807) is 0 Å². The van der Waals surface area contributed by atoms with Crippen molar-refractivity contribution < 1.29 is 4.79 Å². The van der Waals surface area contributed by atoms with Gasteiger partial charge in [0.05, 0.1) is 0 Å². The molecule has 0 atom stereocenters. The Morgan fingerprint density at radius 3 is 2.38 bits per heavy atom. The Morgan fingerprint density at radius 1 is 1.12 bits per heavy atom. The van der Waals surface area contributed by atoms with E-state index in [0.717, 1.165) is 18.7 Å². The number of unbranched alkanes of at least 4 members (excludes halogenated alkanes) is 2. The normalized spacial score (nSPS) is 10.1. The zero-order valence-corrected chi connectivity index (χ0v) is 10.3. The second-order valence-electron chi connectivity index (χ2n) is 3.94. The molecule has 2 nitrogen and oxygen atoms in total. The molecule has 16 heavy (non-hydrogen) atoms. The number of carbonyl (C=O) groups excluding carboxylic acids is 1. The zero-order chi connectivity index (χ0) is 11.8. The fraction of sp³-hybridized carbons (Fsp3) is 0.500. The summed E-state index contributed by atoms with van der Waals surface area (Å²) >= 11 is 0. The Balaban J connectivity index is 2.68. The second kappa shape index (κ2) is 7.04. The number of nitrogens with zero attached hydrogens (tertiary/aromatic N) is 1. The van der Waals surface area contributed by atoms with Crippen LogP contribution in [0.5, 0.6) is 0 Å². The average molecular weight is 219 g/mol. The Bertz CT molecular complexity index is 308. The zero-order valence-electron chi connectivity index (χ0n) is 10.3. The SMILES string of the molecule is CCCCCN(C(=O)CC)c1ccccc1. The molecule has 2 heteroatoms. The van der Waals surface area contributed by atoms with Crippen LogP contribution in [0.2, 0.25) is 0 Å². The maximum absolute atomic E-state index is 11.8. The largest absolute Gasteiger partial charge is 0.312 e. The van der Waals surface area contributed by atoms with Gasteiger partial charge in [-0.1, -0.05) is 44.9 Å². The first-order chi connectivity index (χ1) is 7.79. The first-order valence-electron chi connectivity index (χ1n) is 6.15. The van der Waals surface area contributed by atoms with Crippen molar-refractivity contribution in [2.75, 3.05) is 11.4 Å². The minimum Gasteiger partial charge on any atom is -0.312 e. The van der Waals surface area contributed by atoms with Gasteiger partial charge in [-0.25, -0.2) is 0 Å². The molecule has 0 fully saturated rings. The summed E-state index contributed by atoms with van der Waals surface area (Å²) in [4.78, 5) is 13.7. The van der Waals surface area contributed by atoms with Crippen molar-refractivity contribution >= 4 is 11.6 Å². The molecule has 0 saturated heterocycles. The number of hydrogen-bond donors (Lipinski definition) is 0. The van der Waals surface area contributed by atoms with Crippen LogP contribution < -0.4 is 4.90 Å². The highest BCUT2D eigenvalue weighted by Crippen LogP contribution is 2.15. The van der Waals surface area contributed by atoms with Gasteiger partial charge in [0.1, 0.15) is 0 Å². The van der Waals surface area contributed by atoms with Gasteiger partial charge in [0.2, 0.25) is 5.91 Å². The molecule has 0 saturated carbocycles. The molecule has 0 spiro atoms. The molecular weight excluding hydrogens is 198 g/mol. The minimum atomic E-state index is 0.210. The van der Waals surface area contributed by atoms with Crippen molar-refractivity contribution in [3.63, 3.8) is 0 Å². The summed E-state index contributed by atoms with van der Waals surface area (Å²) in [6.45, 7) is 4.93. The quantitative estimate of drug-likeness (QED) is 0.669. The average Bonchev–Trinajstić information content (AvgIpc) is 2.35. The van der Waals surface area contributed by atoms with Gasteiger partial charge < -0.3 is 4.90 Å². The van der Waals surface area contributed by atoms with E-state index in [1.807, 2.05) is 42.2 Å². The third-order valence-corrected chi connectivity index (χ3v) is 2.66. The highest BCUT2D eigenvalue weighted by atomic mass is 16.2. The van der Waals surface area contributed by atoms with Gasteiger partial charge in [-0.3, -0.25) is 4.79 Å². The van der Waals surface area contributed by atoms with Gasteiger partial charge in [-0.2, -0.15) is 0 Å². The fourth-order valence-electron chi connectivity index (χ4n) is 1.72. The molecule has 1 aromatic rings. The molecule has 0 radical (unpaired) electrons. The van der Waals surface area contributed by atoms with E-state index < -0.39 is 0 Å². The molecule has 0 aliphatic rings. The lowest BCUT2D eigenvalue weighted by Crippen LogP contribution is -2.31. The van der Waals surface area contributed by atoms with E-state index in [9.17, 15) is 4.79 Å². The van der Waals surface area contributed by atoms with E-state index in [-0.39, 0.29) is 5.91 Å². The lowest BCUT2D eigenvalue weighted by atomic mass is 10.2. The number of amides is 1. The van der Waals surface area contributed by atoms with Crippen molar-refractivity contribution in [3.8, 4) is 0 Å². The molecule has 1 amide bonds. The van der Waals surface area contributed by atoms with Gasteiger partial charge in [0.25, 0.3) is 0 Å². The summed E-state index contributed by atoms with van der Waals surface area (Å²) in [5.74, 6) is 0.210. The van der Waals surface area contributed by atoms with Crippen LogP contribution in [-0.4, -0.2) is 12.5 Å². The lowest BCUT2D eigenvalue weighted by Gasteiger charge is -2.22. The molecular formula is C14H21NO. The summed E-state index contributed by atoms with van der Waals surface area (Å²) in [7, 11) is 0. The predicted molar refractivity (Wildman–Crippen MR) is 68.6 cm³/mol. The molecule has 88 valence electrons. The fourth-order valence-corrected chi connectivity index (χ4v) is 1.72. The number of benzene rings is 1. The van der Waals surface area contributed by atoms with Crippen LogP contribution in [0.1, 0.15) is 39.5 Å². The number of hydrogen-bond acceptors (Lipinski definition) is 1. The van der Waals surface area contributed by atoms with Crippen molar-refractivity contribution in [2.45, 2.75) is 39.5 Å². The highest BCUT2D eigenvalue weighted by molar-refractivity contribution is 5.93. The topological polar surface area (TPSA) is 20.3 Å². The smallest absolute Gasteiger partial charge is 0.226 e. The number of carbonyl (C=O) groups is 1. The number of anilines is 1. The maximum Gasteiger partial charge on any atom is 0.226 e. The molecule has 0 bridgehead atoms. The van der Waals surface area contributed by atoms with Crippen LogP contribution in [0.4, 0.5) is 5.69 Å². The van der Waals surface area contributed by atoms with Crippen LogP contribution in [-0.2, 0) is 4.79 Å². The Kier molecular flexibility index (Phi) is 5.62. The van der Waals surface area contributed by atoms with Gasteiger partial charge in [0.15, 0.2) is 0 Å². The number of rotatable bonds is 6. The van der Waals surface area contributed by atoms with Gasteiger partial charge in [-0.15, -0.1) is 0 Å². The van der Waals surface area contributed by atoms with Gasteiger partial charge in [0, 0.05) is 18.7 Å². The number of para-hydroxylation sites is 1. The summed E-state index contributed by atoms with van der Waals surface area (Å²) in [6.07, 6.45) is 4.02. The van der Waals surface area contributed by atoms with Crippen molar-refractivity contribution in [2.24, 2.45) is 0 Å². The third-order valence-electron chi connectivity index (χ3n) is 2.66. The van der Waals surface area contributed by atoms with Crippen LogP contribution >= 0.6 is 0 Å². The summed E-state index contributed by atoms with van der Waals surface area (Å²) in [6, 6.07) is 9.93. The van der Waals surface area contributed by atoms with E-state index in [2.05, 4.69) is 6.92 Å². The molecule has 0 aromatic heterocycles. The monoisotopic (exact) mass is 219 g/mol. The van der Waals surface area contributed by atoms with E-state index >= 15 is 0 Å². The highest BCUT2D eigenvalue weighted by Gasteiger charge is 2.12. The minimum absolute atomic E-state index is 0.210. The Hall–Kier alpha value is -1.31. The van der Waals surface area contributed by atoms with Crippen LogP contribution in [0.3, 0.4) is 0 Å². The van der Waals surface area contributed by atoms with Gasteiger partial charge in [-0.05, 0) is 18.6 Å². The summed E-state index contributed by atoms with van der Waals surface area (Å²) in [5, 5.41) is 0. The summed E-state index contributed by atoms with van der Waals surface area (Å²) < 4.78 is 0. The molecule has 0 N–H and O–H groups in total. The molecule has 0 aliphatic carbocycles. The third kappa shape index (κ3) is 3.69. The Morgan fingerprint density at radius 2 is 1.81 bits per heavy atom. The van der Waals surface area contributed by atoms with Crippen molar-refractivity contribution in [3.05, 3.63) is 30.3 Å². The molecule has 1 aromatic carbocycles. The molecule has 0 unspecified atom stereocenters. The predicted octanol–water partition coefficient (Wildman–Crippen LogP) is 3.62. The Labute approximate surface area is 98.3 Å². The molecule has 0 aliphatic heterocycles. The van der Waals surface area contributed by atoms with Crippen molar-refractivity contribution in [1.29, 1.82) is 0 Å². The van der Waals surface area contributed by atoms with E-state index in [0.29, 0.717) is 6.42 Å². The van der Waals surface area contributed by atoms with Crippen LogP contribution in [0.15, 0.2) is 30.3 Å². The standard InChI is InChI=1S/C14H21NO/c1-3-5-9-12-15(14(16)4-2)13-10-7-6-8-11-13/h6-8,10-11H,3-5,9,12H2,1-2H3. The maximum atomic E-state index is 11.8. The first kappa shape index (κ1) is 12.8. The van der Waals surface area contributed by atoms with Crippen molar-refractivity contribution in [1.82, 2.24) is 0 Å².